The largest absolute Gasteiger partial charge is 0.497 e. The number of aromatic nitrogens is 2. The third kappa shape index (κ3) is 3.96. The number of nitrogens with zero attached hydrogens (tertiary/aromatic N) is 2. The minimum absolute atomic E-state index is 0.00515. The van der Waals surface area contributed by atoms with Gasteiger partial charge in [-0.05, 0) is 35.4 Å². The predicted molar refractivity (Wildman–Crippen MR) is 117 cm³/mol. The van der Waals surface area contributed by atoms with E-state index in [1.54, 1.807) is 22.3 Å². The van der Waals surface area contributed by atoms with E-state index in [0.717, 1.165) is 16.9 Å². The Bertz CT molecular complexity index is 1240. The van der Waals surface area contributed by atoms with Crippen LogP contribution in [0.1, 0.15) is 16.7 Å². The number of benzene rings is 2. The van der Waals surface area contributed by atoms with Crippen molar-refractivity contribution in [3.05, 3.63) is 112 Å². The molecule has 0 aliphatic carbocycles. The van der Waals surface area contributed by atoms with Crippen molar-refractivity contribution in [2.45, 2.75) is 13.0 Å². The number of hydrogen-bond donors (Lipinski definition) is 1. The minimum Gasteiger partial charge on any atom is -0.497 e. The lowest BCUT2D eigenvalue weighted by atomic mass is 10.1. The second kappa shape index (κ2) is 8.66. The van der Waals surface area contributed by atoms with Gasteiger partial charge in [0.2, 0.25) is 0 Å². The smallest absolute Gasteiger partial charge is 0.349 e. The van der Waals surface area contributed by atoms with Crippen molar-refractivity contribution in [1.82, 2.24) is 4.40 Å². The molecule has 5 nitrogen and oxygen atoms in total. The summed E-state index contributed by atoms with van der Waals surface area (Å²) in [5.74, 6) is 0.799. The SMILES string of the molecule is COc1ccc(/C=C/C[n+]2c(O)c(Cc3ccccc3)c(=O)n3ccccc32)cc1. The van der Waals surface area contributed by atoms with Gasteiger partial charge >= 0.3 is 5.56 Å². The summed E-state index contributed by atoms with van der Waals surface area (Å²) >= 11 is 0. The summed E-state index contributed by atoms with van der Waals surface area (Å²) in [5.41, 5.74) is 2.81. The number of hydrogen-bond acceptors (Lipinski definition) is 3. The van der Waals surface area contributed by atoms with Crippen LogP contribution in [-0.2, 0) is 13.0 Å². The zero-order valence-corrected chi connectivity index (χ0v) is 16.7. The van der Waals surface area contributed by atoms with Gasteiger partial charge in [0.05, 0.1) is 13.3 Å². The van der Waals surface area contributed by atoms with Gasteiger partial charge in [-0.3, -0.25) is 0 Å². The monoisotopic (exact) mass is 399 g/mol. The van der Waals surface area contributed by atoms with Crippen LogP contribution >= 0.6 is 0 Å². The van der Waals surface area contributed by atoms with Gasteiger partial charge in [0.15, 0.2) is 0 Å². The highest BCUT2D eigenvalue weighted by Crippen LogP contribution is 2.15. The molecular formula is C25H23N2O3+. The second-order valence-electron chi connectivity index (χ2n) is 6.98. The summed E-state index contributed by atoms with van der Waals surface area (Å²) < 4.78 is 8.52. The molecule has 0 aliphatic rings. The van der Waals surface area contributed by atoms with Crippen molar-refractivity contribution < 1.29 is 14.4 Å². The Labute approximate surface area is 174 Å². The number of methoxy groups -OCH3 is 1. The second-order valence-corrected chi connectivity index (χ2v) is 6.98. The van der Waals surface area contributed by atoms with E-state index < -0.39 is 0 Å². The Kier molecular flexibility index (Phi) is 5.61. The molecule has 0 radical (unpaired) electrons. The van der Waals surface area contributed by atoms with Crippen LogP contribution in [-0.4, -0.2) is 16.6 Å². The third-order valence-electron chi connectivity index (χ3n) is 5.06. The fourth-order valence-corrected chi connectivity index (χ4v) is 3.48. The third-order valence-corrected chi connectivity index (χ3v) is 5.06. The van der Waals surface area contributed by atoms with Gasteiger partial charge in [-0.25, -0.2) is 4.79 Å². The highest BCUT2D eigenvalue weighted by atomic mass is 16.5. The zero-order valence-electron chi connectivity index (χ0n) is 16.7. The molecule has 2 aromatic carbocycles. The Morgan fingerprint density at radius 2 is 1.73 bits per heavy atom. The molecule has 4 aromatic rings. The van der Waals surface area contributed by atoms with Gasteiger partial charge in [0.1, 0.15) is 17.9 Å². The van der Waals surface area contributed by atoms with E-state index in [2.05, 4.69) is 0 Å². The van der Waals surface area contributed by atoms with Crippen LogP contribution in [0.15, 0.2) is 89.9 Å². The molecule has 4 rings (SSSR count). The zero-order chi connectivity index (χ0) is 20.9. The highest BCUT2D eigenvalue weighted by Gasteiger charge is 2.22. The van der Waals surface area contributed by atoms with Crippen LogP contribution in [0.2, 0.25) is 0 Å². The molecule has 0 atom stereocenters. The lowest BCUT2D eigenvalue weighted by molar-refractivity contribution is -0.671. The van der Waals surface area contributed by atoms with Crippen molar-refractivity contribution in [2.24, 2.45) is 0 Å². The number of allylic oxidation sites excluding steroid dienone is 1. The standard InChI is InChI=1S/C25H22N2O3/c1-30-21-14-12-19(13-15-21)10-7-17-27-23-11-5-6-16-26(23)24(28)22(25(27)29)18-20-8-3-2-4-9-20/h2-16H,17-18H2,1H3/p+1/b10-7+. The maximum Gasteiger partial charge on any atom is 0.349 e. The summed E-state index contributed by atoms with van der Waals surface area (Å²) in [7, 11) is 1.64. The van der Waals surface area contributed by atoms with Gasteiger partial charge in [-0.15, -0.1) is 0 Å². The predicted octanol–water partition coefficient (Wildman–Crippen LogP) is 3.61. The van der Waals surface area contributed by atoms with Crippen LogP contribution in [0.4, 0.5) is 0 Å². The van der Waals surface area contributed by atoms with E-state index in [1.807, 2.05) is 84.9 Å². The Hall–Kier alpha value is -3.86. The molecule has 0 fully saturated rings. The molecule has 0 saturated heterocycles. The molecule has 0 unspecified atom stereocenters. The van der Waals surface area contributed by atoms with E-state index in [-0.39, 0.29) is 11.4 Å². The van der Waals surface area contributed by atoms with Crippen molar-refractivity contribution in [2.75, 3.05) is 7.11 Å². The van der Waals surface area contributed by atoms with Crippen LogP contribution in [0, 0.1) is 0 Å². The number of rotatable bonds is 6. The quantitative estimate of drug-likeness (QED) is 0.504. The summed E-state index contributed by atoms with van der Waals surface area (Å²) in [6.45, 7) is 0.424. The molecule has 0 bridgehead atoms. The van der Waals surface area contributed by atoms with Crippen LogP contribution in [0.5, 0.6) is 11.6 Å². The maximum absolute atomic E-state index is 13.0. The molecule has 2 heterocycles. The maximum atomic E-state index is 13.0. The molecule has 1 N–H and O–H groups in total. The Balaban J connectivity index is 1.72. The van der Waals surface area contributed by atoms with Crippen molar-refractivity contribution in [3.63, 3.8) is 0 Å². The molecule has 0 spiro atoms. The fraction of sp³-hybridized carbons (Fsp3) is 0.120. The molecule has 0 aliphatic heterocycles. The highest BCUT2D eigenvalue weighted by molar-refractivity contribution is 5.50. The molecule has 5 heteroatoms. The Morgan fingerprint density at radius 3 is 2.47 bits per heavy atom. The van der Waals surface area contributed by atoms with E-state index in [1.165, 1.54) is 0 Å². The van der Waals surface area contributed by atoms with Crippen molar-refractivity contribution in [3.8, 4) is 11.6 Å². The number of aromatic hydroxyl groups is 1. The molecule has 0 saturated carbocycles. The number of pyridine rings is 1. The van der Waals surface area contributed by atoms with E-state index in [4.69, 9.17) is 4.74 Å². The number of ether oxygens (including phenoxy) is 1. The first-order chi connectivity index (χ1) is 14.7. The molecule has 2 aromatic heterocycles. The van der Waals surface area contributed by atoms with Crippen LogP contribution in [0.25, 0.3) is 11.7 Å². The fourth-order valence-electron chi connectivity index (χ4n) is 3.48. The van der Waals surface area contributed by atoms with Crippen LogP contribution < -0.4 is 14.9 Å². The molecular weight excluding hydrogens is 376 g/mol. The van der Waals surface area contributed by atoms with Gasteiger partial charge in [-0.2, -0.15) is 8.97 Å². The van der Waals surface area contributed by atoms with Gasteiger partial charge in [0, 0.05) is 12.5 Å². The average Bonchev–Trinajstić information content (AvgIpc) is 2.80. The van der Waals surface area contributed by atoms with Gasteiger partial charge in [-0.1, -0.05) is 54.6 Å². The van der Waals surface area contributed by atoms with Crippen molar-refractivity contribution in [1.29, 1.82) is 0 Å². The van der Waals surface area contributed by atoms with E-state index in [0.29, 0.717) is 24.2 Å². The first kappa shape index (κ1) is 19.5. The van der Waals surface area contributed by atoms with Crippen molar-refractivity contribution >= 4 is 11.7 Å². The summed E-state index contributed by atoms with van der Waals surface area (Å²) in [6.07, 6.45) is 6.04. The minimum atomic E-state index is -0.206. The molecule has 30 heavy (non-hydrogen) atoms. The molecule has 0 amide bonds. The first-order valence-electron chi connectivity index (χ1n) is 9.77. The van der Waals surface area contributed by atoms with E-state index >= 15 is 0 Å². The van der Waals surface area contributed by atoms with E-state index in [9.17, 15) is 9.90 Å². The normalized spacial score (nSPS) is 11.2. The lowest BCUT2D eigenvalue weighted by Gasteiger charge is -2.08. The van der Waals surface area contributed by atoms with Gasteiger partial charge in [0.25, 0.3) is 11.5 Å². The van der Waals surface area contributed by atoms with Crippen LogP contribution in [0.3, 0.4) is 0 Å². The summed E-state index contributed by atoms with van der Waals surface area (Å²) in [6, 6.07) is 22.9. The lowest BCUT2D eigenvalue weighted by Crippen LogP contribution is -2.41. The topological polar surface area (TPSA) is 54.8 Å². The number of fused-ring (bicyclic) bond motifs is 1. The molecule has 150 valence electrons. The Morgan fingerprint density at radius 1 is 1.00 bits per heavy atom. The first-order valence-corrected chi connectivity index (χ1v) is 9.77. The summed E-state index contributed by atoms with van der Waals surface area (Å²) in [4.78, 5) is 13.0. The summed E-state index contributed by atoms with van der Waals surface area (Å²) in [5, 5.41) is 11.0. The van der Waals surface area contributed by atoms with Gasteiger partial charge < -0.3 is 9.84 Å². The average molecular weight is 399 g/mol.